The van der Waals surface area contributed by atoms with Crippen LogP contribution in [0.5, 0.6) is 0 Å². The van der Waals surface area contributed by atoms with E-state index in [0.717, 1.165) is 32.5 Å². The van der Waals surface area contributed by atoms with E-state index in [0.29, 0.717) is 12.0 Å². The Bertz CT molecular complexity index is 154. The summed E-state index contributed by atoms with van der Waals surface area (Å²) in [5, 5.41) is 16.8. The minimum absolute atomic E-state index is 0.179. The van der Waals surface area contributed by atoms with Gasteiger partial charge in [0.05, 0.1) is 6.10 Å². The lowest BCUT2D eigenvalue weighted by Gasteiger charge is -2.27. The van der Waals surface area contributed by atoms with E-state index in [2.05, 4.69) is 24.5 Å². The standard InChI is InChI=1S/C12H26N2O/c1-3-10(4-2)12(15)9-14-11-6-5-7-13-8-11/h10-15H,3-9H2,1-2H3. The summed E-state index contributed by atoms with van der Waals surface area (Å²) >= 11 is 0. The highest BCUT2D eigenvalue weighted by molar-refractivity contribution is 4.77. The molecule has 2 unspecified atom stereocenters. The number of hydrogen-bond acceptors (Lipinski definition) is 3. The maximum absolute atomic E-state index is 9.96. The number of hydrogen-bond donors (Lipinski definition) is 3. The van der Waals surface area contributed by atoms with Gasteiger partial charge in [-0.3, -0.25) is 0 Å². The van der Waals surface area contributed by atoms with E-state index >= 15 is 0 Å². The zero-order valence-electron chi connectivity index (χ0n) is 10.1. The molecule has 0 bridgehead atoms. The fourth-order valence-electron chi connectivity index (χ4n) is 2.31. The molecule has 1 fully saturated rings. The van der Waals surface area contributed by atoms with Gasteiger partial charge in [-0.2, -0.15) is 0 Å². The van der Waals surface area contributed by atoms with Gasteiger partial charge in [0.15, 0.2) is 0 Å². The van der Waals surface area contributed by atoms with Gasteiger partial charge < -0.3 is 15.7 Å². The first kappa shape index (κ1) is 12.9. The third kappa shape index (κ3) is 4.49. The molecule has 0 amide bonds. The van der Waals surface area contributed by atoms with Gasteiger partial charge in [0, 0.05) is 19.1 Å². The Morgan fingerprint density at radius 1 is 1.40 bits per heavy atom. The molecule has 15 heavy (non-hydrogen) atoms. The highest BCUT2D eigenvalue weighted by atomic mass is 16.3. The number of aliphatic hydroxyl groups is 1. The zero-order valence-corrected chi connectivity index (χ0v) is 10.1. The molecule has 1 rings (SSSR count). The van der Waals surface area contributed by atoms with Crippen molar-refractivity contribution >= 4 is 0 Å². The van der Waals surface area contributed by atoms with Crippen LogP contribution in [-0.2, 0) is 0 Å². The van der Waals surface area contributed by atoms with E-state index in [1.54, 1.807) is 0 Å². The molecule has 90 valence electrons. The second kappa shape index (κ2) is 7.20. The summed E-state index contributed by atoms with van der Waals surface area (Å²) in [7, 11) is 0. The molecule has 1 saturated heterocycles. The Morgan fingerprint density at radius 3 is 2.67 bits per heavy atom. The van der Waals surface area contributed by atoms with Crippen molar-refractivity contribution in [2.45, 2.75) is 51.7 Å². The Morgan fingerprint density at radius 2 is 2.13 bits per heavy atom. The minimum Gasteiger partial charge on any atom is -0.392 e. The monoisotopic (exact) mass is 214 g/mol. The van der Waals surface area contributed by atoms with Gasteiger partial charge in [-0.1, -0.05) is 26.7 Å². The van der Waals surface area contributed by atoms with Crippen LogP contribution >= 0.6 is 0 Å². The summed E-state index contributed by atoms with van der Waals surface area (Å²) in [4.78, 5) is 0. The molecule has 1 heterocycles. The van der Waals surface area contributed by atoms with Gasteiger partial charge in [0.1, 0.15) is 0 Å². The van der Waals surface area contributed by atoms with Crippen LogP contribution in [0.4, 0.5) is 0 Å². The summed E-state index contributed by atoms with van der Waals surface area (Å²) in [5.41, 5.74) is 0. The van der Waals surface area contributed by atoms with E-state index in [-0.39, 0.29) is 6.10 Å². The lowest BCUT2D eigenvalue weighted by molar-refractivity contribution is 0.0970. The summed E-state index contributed by atoms with van der Waals surface area (Å²) in [5.74, 6) is 0.453. The second-order valence-electron chi connectivity index (χ2n) is 4.60. The van der Waals surface area contributed by atoms with Crippen molar-refractivity contribution < 1.29 is 5.11 Å². The van der Waals surface area contributed by atoms with E-state index in [9.17, 15) is 5.11 Å². The molecular formula is C12H26N2O. The molecule has 0 saturated carbocycles. The molecule has 3 N–H and O–H groups in total. The topological polar surface area (TPSA) is 44.3 Å². The molecule has 0 aromatic heterocycles. The Balaban J connectivity index is 2.16. The van der Waals surface area contributed by atoms with Crippen LogP contribution in [0.1, 0.15) is 39.5 Å². The van der Waals surface area contributed by atoms with Gasteiger partial charge in [-0.25, -0.2) is 0 Å². The van der Waals surface area contributed by atoms with Crippen molar-refractivity contribution in [3.63, 3.8) is 0 Å². The smallest absolute Gasteiger partial charge is 0.0692 e. The van der Waals surface area contributed by atoms with E-state index in [4.69, 9.17) is 0 Å². The van der Waals surface area contributed by atoms with Crippen LogP contribution in [0.15, 0.2) is 0 Å². The number of aliphatic hydroxyl groups excluding tert-OH is 1. The van der Waals surface area contributed by atoms with E-state index in [1.807, 2.05) is 0 Å². The third-order valence-electron chi connectivity index (χ3n) is 3.51. The van der Waals surface area contributed by atoms with Crippen molar-refractivity contribution in [3.05, 3.63) is 0 Å². The lowest BCUT2D eigenvalue weighted by Crippen LogP contribution is -2.46. The van der Waals surface area contributed by atoms with Crippen LogP contribution in [0, 0.1) is 5.92 Å². The van der Waals surface area contributed by atoms with Gasteiger partial charge in [-0.05, 0) is 25.3 Å². The molecule has 1 aliphatic rings. The quantitative estimate of drug-likeness (QED) is 0.621. The second-order valence-corrected chi connectivity index (χ2v) is 4.60. The Kier molecular flexibility index (Phi) is 6.22. The summed E-state index contributed by atoms with van der Waals surface area (Å²) in [6.45, 7) is 7.25. The summed E-state index contributed by atoms with van der Waals surface area (Å²) < 4.78 is 0. The summed E-state index contributed by atoms with van der Waals surface area (Å²) in [6, 6.07) is 0.558. The number of nitrogens with one attached hydrogen (secondary N) is 2. The maximum Gasteiger partial charge on any atom is 0.0692 e. The predicted molar refractivity (Wildman–Crippen MR) is 64.0 cm³/mol. The molecule has 2 atom stereocenters. The average molecular weight is 214 g/mol. The number of rotatable bonds is 6. The van der Waals surface area contributed by atoms with Gasteiger partial charge in [0.25, 0.3) is 0 Å². The highest BCUT2D eigenvalue weighted by Crippen LogP contribution is 2.12. The van der Waals surface area contributed by atoms with Gasteiger partial charge in [-0.15, -0.1) is 0 Å². The Hall–Kier alpha value is -0.120. The minimum atomic E-state index is -0.179. The summed E-state index contributed by atoms with van der Waals surface area (Å²) in [6.07, 6.45) is 4.45. The molecule has 3 heteroatoms. The lowest BCUT2D eigenvalue weighted by atomic mass is 9.96. The van der Waals surface area contributed by atoms with Crippen molar-refractivity contribution in [3.8, 4) is 0 Å². The molecule has 0 aromatic rings. The predicted octanol–water partition coefficient (Wildman–Crippen LogP) is 1.13. The molecule has 0 spiro atoms. The van der Waals surface area contributed by atoms with Gasteiger partial charge in [0.2, 0.25) is 0 Å². The van der Waals surface area contributed by atoms with E-state index < -0.39 is 0 Å². The first-order valence-electron chi connectivity index (χ1n) is 6.40. The molecule has 0 radical (unpaired) electrons. The largest absolute Gasteiger partial charge is 0.392 e. The van der Waals surface area contributed by atoms with Crippen LogP contribution in [-0.4, -0.2) is 36.9 Å². The van der Waals surface area contributed by atoms with Crippen molar-refractivity contribution in [2.24, 2.45) is 5.92 Å². The first-order chi connectivity index (χ1) is 7.27. The third-order valence-corrected chi connectivity index (χ3v) is 3.51. The number of piperidine rings is 1. The normalized spacial score (nSPS) is 24.4. The molecular weight excluding hydrogens is 188 g/mol. The zero-order chi connectivity index (χ0) is 11.1. The van der Waals surface area contributed by atoms with Crippen molar-refractivity contribution in [2.75, 3.05) is 19.6 Å². The molecule has 3 nitrogen and oxygen atoms in total. The van der Waals surface area contributed by atoms with Crippen LogP contribution in [0.2, 0.25) is 0 Å². The SMILES string of the molecule is CCC(CC)C(O)CNC1CCCNC1. The maximum atomic E-state index is 9.96. The first-order valence-corrected chi connectivity index (χ1v) is 6.40. The van der Waals surface area contributed by atoms with Crippen molar-refractivity contribution in [1.82, 2.24) is 10.6 Å². The highest BCUT2D eigenvalue weighted by Gasteiger charge is 2.18. The van der Waals surface area contributed by atoms with Crippen LogP contribution in [0.25, 0.3) is 0 Å². The average Bonchev–Trinajstić information content (AvgIpc) is 2.29. The molecule has 0 aromatic carbocycles. The fourth-order valence-corrected chi connectivity index (χ4v) is 2.31. The van der Waals surface area contributed by atoms with Crippen LogP contribution in [0.3, 0.4) is 0 Å². The molecule has 1 aliphatic heterocycles. The van der Waals surface area contributed by atoms with Crippen LogP contribution < -0.4 is 10.6 Å². The van der Waals surface area contributed by atoms with Crippen molar-refractivity contribution in [1.29, 1.82) is 0 Å². The fraction of sp³-hybridized carbons (Fsp3) is 1.00. The molecule has 0 aliphatic carbocycles. The Labute approximate surface area is 93.6 Å². The van der Waals surface area contributed by atoms with E-state index in [1.165, 1.54) is 12.8 Å². The van der Waals surface area contributed by atoms with Gasteiger partial charge >= 0.3 is 0 Å².